The van der Waals surface area contributed by atoms with Crippen LogP contribution >= 0.6 is 0 Å². The van der Waals surface area contributed by atoms with Crippen molar-refractivity contribution in [2.75, 3.05) is 39.3 Å². The van der Waals surface area contributed by atoms with Crippen LogP contribution in [0.4, 0.5) is 0 Å². The van der Waals surface area contributed by atoms with Crippen LogP contribution in [-0.2, 0) is 11.3 Å². The highest BCUT2D eigenvalue weighted by atomic mass is 16.3. The van der Waals surface area contributed by atoms with Crippen molar-refractivity contribution in [2.24, 2.45) is 11.8 Å². The van der Waals surface area contributed by atoms with Crippen molar-refractivity contribution >= 4 is 5.91 Å². The topological polar surface area (TPSA) is 86.5 Å². The van der Waals surface area contributed by atoms with E-state index in [2.05, 4.69) is 25.2 Å². The number of likely N-dealkylation sites (tertiary alicyclic amines) is 1. The molecular weight excluding hydrogens is 356 g/mol. The highest BCUT2D eigenvalue weighted by molar-refractivity contribution is 5.75. The summed E-state index contributed by atoms with van der Waals surface area (Å²) in [6, 6.07) is 1.09. The lowest BCUT2D eigenvalue weighted by Gasteiger charge is -2.56. The molecule has 0 saturated carbocycles. The number of piperidine rings is 3. The maximum atomic E-state index is 12.4. The summed E-state index contributed by atoms with van der Waals surface area (Å²) in [5, 5.41) is 16.7. The van der Waals surface area contributed by atoms with E-state index >= 15 is 0 Å². The van der Waals surface area contributed by atoms with Crippen LogP contribution in [-0.4, -0.2) is 87.0 Å². The molecule has 4 heterocycles. The molecule has 1 amide bonds. The van der Waals surface area contributed by atoms with Crippen molar-refractivity contribution in [3.8, 4) is 0 Å². The molecule has 28 heavy (non-hydrogen) atoms. The number of aryl methyl sites for hydroxylation is 1. The standard InChI is InChI=1S/C20H34N6O2/c27-9-8-24-12-16-10-17(13-24)19(26-7-2-1-4-18(16)26)11-22-20(28)5-3-6-25-15-21-14-23-25/h14-19,27H,1-13H2,(H,22,28)/t16-,17+,18+,19+/m1/s1. The van der Waals surface area contributed by atoms with E-state index in [0.29, 0.717) is 24.4 Å². The molecule has 0 radical (unpaired) electrons. The van der Waals surface area contributed by atoms with Gasteiger partial charge in [-0.1, -0.05) is 6.42 Å². The maximum Gasteiger partial charge on any atom is 0.220 e. The first-order chi connectivity index (χ1) is 13.7. The molecule has 0 spiro atoms. The molecule has 2 N–H and O–H groups in total. The number of carbonyl (C=O) groups is 1. The number of rotatable bonds is 8. The zero-order valence-corrected chi connectivity index (χ0v) is 16.7. The molecule has 0 aliphatic carbocycles. The van der Waals surface area contributed by atoms with Gasteiger partial charge in [-0.05, 0) is 44.1 Å². The molecule has 3 aliphatic heterocycles. The van der Waals surface area contributed by atoms with Crippen molar-refractivity contribution in [3.63, 3.8) is 0 Å². The van der Waals surface area contributed by atoms with Gasteiger partial charge in [0, 0.05) is 51.2 Å². The highest BCUT2D eigenvalue weighted by Gasteiger charge is 2.46. The summed E-state index contributed by atoms with van der Waals surface area (Å²) in [4.78, 5) is 21.5. The van der Waals surface area contributed by atoms with Gasteiger partial charge >= 0.3 is 0 Å². The predicted molar refractivity (Wildman–Crippen MR) is 106 cm³/mol. The summed E-state index contributed by atoms with van der Waals surface area (Å²) in [5.41, 5.74) is 0. The van der Waals surface area contributed by atoms with Gasteiger partial charge in [-0.25, -0.2) is 4.98 Å². The number of amides is 1. The van der Waals surface area contributed by atoms with Crippen LogP contribution in [0, 0.1) is 11.8 Å². The second-order valence-electron chi connectivity index (χ2n) is 8.67. The molecule has 3 fully saturated rings. The molecule has 8 heteroatoms. The first-order valence-corrected chi connectivity index (χ1v) is 10.9. The number of nitrogens with one attached hydrogen (secondary N) is 1. The molecule has 3 saturated heterocycles. The van der Waals surface area contributed by atoms with E-state index in [1.807, 2.05) is 0 Å². The minimum atomic E-state index is 0.138. The van der Waals surface area contributed by atoms with Gasteiger partial charge in [0.1, 0.15) is 12.7 Å². The van der Waals surface area contributed by atoms with Gasteiger partial charge in [0.2, 0.25) is 5.91 Å². The van der Waals surface area contributed by atoms with Crippen LogP contribution in [0.25, 0.3) is 0 Å². The first kappa shape index (κ1) is 19.8. The summed E-state index contributed by atoms with van der Waals surface area (Å²) in [6.07, 6.45) is 9.68. The van der Waals surface area contributed by atoms with E-state index in [1.54, 1.807) is 11.0 Å². The van der Waals surface area contributed by atoms with Gasteiger partial charge in [0.15, 0.2) is 0 Å². The molecule has 0 unspecified atom stereocenters. The fourth-order valence-electron chi connectivity index (χ4n) is 5.67. The molecule has 4 rings (SSSR count). The van der Waals surface area contributed by atoms with Gasteiger partial charge < -0.3 is 15.3 Å². The Morgan fingerprint density at radius 2 is 2.11 bits per heavy atom. The molecule has 1 aromatic rings. The third-order valence-electron chi connectivity index (χ3n) is 6.88. The quantitative estimate of drug-likeness (QED) is 0.666. The second kappa shape index (κ2) is 9.33. The Morgan fingerprint density at radius 1 is 1.21 bits per heavy atom. The Morgan fingerprint density at radius 3 is 2.93 bits per heavy atom. The number of aliphatic hydroxyl groups is 1. The Kier molecular flexibility index (Phi) is 6.59. The Bertz CT molecular complexity index is 622. The van der Waals surface area contributed by atoms with E-state index in [9.17, 15) is 9.90 Å². The van der Waals surface area contributed by atoms with Gasteiger partial charge in [0.05, 0.1) is 6.61 Å². The fourth-order valence-corrected chi connectivity index (χ4v) is 5.67. The lowest BCUT2D eigenvalue weighted by molar-refractivity contribution is -0.122. The lowest BCUT2D eigenvalue weighted by Crippen LogP contribution is -2.65. The van der Waals surface area contributed by atoms with E-state index in [-0.39, 0.29) is 12.5 Å². The normalized spacial score (nSPS) is 30.8. The first-order valence-electron chi connectivity index (χ1n) is 10.9. The van der Waals surface area contributed by atoms with Gasteiger partial charge in [-0.2, -0.15) is 5.10 Å². The third-order valence-corrected chi connectivity index (χ3v) is 6.88. The second-order valence-corrected chi connectivity index (χ2v) is 8.67. The van der Waals surface area contributed by atoms with Crippen LogP contribution in [0.1, 0.15) is 38.5 Å². The molecule has 8 nitrogen and oxygen atoms in total. The van der Waals surface area contributed by atoms with Crippen LogP contribution in [0.3, 0.4) is 0 Å². The van der Waals surface area contributed by atoms with Gasteiger partial charge in [-0.3, -0.25) is 14.4 Å². The van der Waals surface area contributed by atoms with Crippen molar-refractivity contribution in [3.05, 3.63) is 12.7 Å². The van der Waals surface area contributed by atoms with Crippen molar-refractivity contribution in [1.82, 2.24) is 29.9 Å². The monoisotopic (exact) mass is 390 g/mol. The summed E-state index contributed by atoms with van der Waals surface area (Å²) < 4.78 is 1.77. The van der Waals surface area contributed by atoms with E-state index < -0.39 is 0 Å². The number of fused-ring (bicyclic) bond motifs is 4. The molecular formula is C20H34N6O2. The summed E-state index contributed by atoms with van der Waals surface area (Å²) in [7, 11) is 0. The minimum absolute atomic E-state index is 0.138. The summed E-state index contributed by atoms with van der Waals surface area (Å²) >= 11 is 0. The van der Waals surface area contributed by atoms with Gasteiger partial charge in [0.25, 0.3) is 0 Å². The Hall–Kier alpha value is -1.51. The third kappa shape index (κ3) is 4.55. The van der Waals surface area contributed by atoms with Crippen LogP contribution < -0.4 is 5.32 Å². The highest BCUT2D eigenvalue weighted by Crippen LogP contribution is 2.40. The van der Waals surface area contributed by atoms with Crippen LogP contribution in [0.15, 0.2) is 12.7 Å². The number of nitrogens with zero attached hydrogens (tertiary/aromatic N) is 5. The van der Waals surface area contributed by atoms with Gasteiger partial charge in [-0.15, -0.1) is 0 Å². The minimum Gasteiger partial charge on any atom is -0.395 e. The summed E-state index contributed by atoms with van der Waals surface area (Å²) in [5.74, 6) is 1.45. The predicted octanol–water partition coefficient (Wildman–Crippen LogP) is 0.342. The molecule has 4 atom stereocenters. The molecule has 0 aromatic carbocycles. The number of carbonyl (C=O) groups excluding carboxylic acids is 1. The summed E-state index contributed by atoms with van der Waals surface area (Å²) in [6.45, 7) is 5.84. The Balaban J connectivity index is 1.31. The zero-order chi connectivity index (χ0) is 19.3. The molecule has 3 aliphatic rings. The molecule has 1 aromatic heterocycles. The van der Waals surface area contributed by atoms with Crippen molar-refractivity contribution < 1.29 is 9.90 Å². The van der Waals surface area contributed by atoms with Crippen LogP contribution in [0.2, 0.25) is 0 Å². The fraction of sp³-hybridized carbons (Fsp3) is 0.850. The van der Waals surface area contributed by atoms with E-state index in [4.69, 9.17) is 0 Å². The van der Waals surface area contributed by atoms with Crippen molar-refractivity contribution in [1.29, 1.82) is 0 Å². The molecule has 2 bridgehead atoms. The van der Waals surface area contributed by atoms with Crippen LogP contribution in [0.5, 0.6) is 0 Å². The van der Waals surface area contributed by atoms with E-state index in [1.165, 1.54) is 38.6 Å². The number of hydrogen-bond donors (Lipinski definition) is 2. The number of aliphatic hydroxyl groups excluding tert-OH is 1. The number of β-amino-alcohol motifs (C(OH)–C–C–N with tert-alkyl or cyclic N) is 1. The Labute approximate surface area is 167 Å². The lowest BCUT2D eigenvalue weighted by atomic mass is 9.72. The smallest absolute Gasteiger partial charge is 0.220 e. The molecule has 156 valence electrons. The maximum absolute atomic E-state index is 12.4. The average molecular weight is 391 g/mol. The number of hydrogen-bond acceptors (Lipinski definition) is 6. The zero-order valence-electron chi connectivity index (χ0n) is 16.7. The number of aromatic nitrogens is 3. The van der Waals surface area contributed by atoms with E-state index in [0.717, 1.165) is 45.1 Å². The van der Waals surface area contributed by atoms with Crippen molar-refractivity contribution in [2.45, 2.75) is 57.2 Å². The SMILES string of the molecule is O=C(CCCn1cncn1)NC[C@H]1[C@H]2C[C@H](CN(CCO)C2)[C@@H]2CCCCN21. The average Bonchev–Trinajstić information content (AvgIpc) is 3.22. The largest absolute Gasteiger partial charge is 0.395 e.